The third kappa shape index (κ3) is 1.44. The quantitative estimate of drug-likeness (QED) is 0.599. The summed E-state index contributed by atoms with van der Waals surface area (Å²) in [6.07, 6.45) is 1.58. The first-order valence-electron chi connectivity index (χ1n) is 4.85. The van der Waals surface area contributed by atoms with Crippen molar-refractivity contribution in [2.24, 2.45) is 5.73 Å². The lowest BCUT2D eigenvalue weighted by Gasteiger charge is -2.27. The zero-order valence-electron chi connectivity index (χ0n) is 8.79. The Labute approximate surface area is 92.0 Å². The molecule has 0 aromatic heterocycles. The van der Waals surface area contributed by atoms with Gasteiger partial charge in [-0.25, -0.2) is 4.79 Å². The van der Waals surface area contributed by atoms with Gasteiger partial charge in [0.2, 0.25) is 5.91 Å². The van der Waals surface area contributed by atoms with Gasteiger partial charge in [-0.2, -0.15) is 5.06 Å². The van der Waals surface area contributed by atoms with Crippen LogP contribution in [0.15, 0.2) is 11.6 Å². The number of primary amides is 1. The number of hydroxylamine groups is 2. The lowest BCUT2D eigenvalue weighted by Crippen LogP contribution is -2.43. The summed E-state index contributed by atoms with van der Waals surface area (Å²) in [5, 5.41) is 10.1. The van der Waals surface area contributed by atoms with Crippen molar-refractivity contribution in [2.45, 2.75) is 12.1 Å². The van der Waals surface area contributed by atoms with E-state index in [0.29, 0.717) is 5.06 Å². The summed E-state index contributed by atoms with van der Waals surface area (Å²) in [5.41, 5.74) is 5.46. The second-order valence-corrected chi connectivity index (χ2v) is 3.80. The summed E-state index contributed by atoms with van der Waals surface area (Å²) in [6, 6.07) is -1.54. The highest BCUT2D eigenvalue weighted by molar-refractivity contribution is 5.96. The summed E-state index contributed by atoms with van der Waals surface area (Å²) in [7, 11) is 1.50. The SMILES string of the molecule is COCC1C=C(C(N)=O)C2CN1C(=O)N2O. The molecule has 0 radical (unpaired) electrons. The number of nitrogens with zero attached hydrogens (tertiary/aromatic N) is 2. The molecule has 88 valence electrons. The minimum absolute atomic E-state index is 0.256. The van der Waals surface area contributed by atoms with E-state index in [1.54, 1.807) is 6.08 Å². The van der Waals surface area contributed by atoms with Gasteiger partial charge >= 0.3 is 6.03 Å². The standard InChI is InChI=1S/C9H13N3O4/c1-16-4-5-2-6(8(10)13)7-3-11(5)9(14)12(7)15/h2,5,7,15H,3-4H2,1H3,(H2,10,13). The van der Waals surface area contributed by atoms with Gasteiger partial charge < -0.3 is 15.4 Å². The molecule has 2 aliphatic rings. The Morgan fingerprint density at radius 1 is 1.75 bits per heavy atom. The van der Waals surface area contributed by atoms with Crippen molar-refractivity contribution in [3.63, 3.8) is 0 Å². The number of urea groups is 1. The van der Waals surface area contributed by atoms with Crippen molar-refractivity contribution in [1.29, 1.82) is 0 Å². The van der Waals surface area contributed by atoms with Crippen LogP contribution in [-0.4, -0.2) is 59.5 Å². The first-order valence-corrected chi connectivity index (χ1v) is 4.85. The Bertz CT molecular complexity index is 368. The predicted molar refractivity (Wildman–Crippen MR) is 52.5 cm³/mol. The van der Waals surface area contributed by atoms with Crippen LogP contribution in [0.3, 0.4) is 0 Å². The Hall–Kier alpha value is -1.60. The minimum atomic E-state index is -0.655. The Morgan fingerprint density at radius 3 is 3.00 bits per heavy atom. The fourth-order valence-electron chi connectivity index (χ4n) is 2.08. The lowest BCUT2D eigenvalue weighted by molar-refractivity contribution is -0.116. The highest BCUT2D eigenvalue weighted by atomic mass is 16.5. The molecule has 2 aliphatic heterocycles. The zero-order valence-corrected chi connectivity index (χ0v) is 8.79. The number of ether oxygens (including phenoxy) is 1. The molecular formula is C9H13N3O4. The molecule has 2 bridgehead atoms. The fourth-order valence-corrected chi connectivity index (χ4v) is 2.08. The van der Waals surface area contributed by atoms with Crippen LogP contribution in [-0.2, 0) is 9.53 Å². The van der Waals surface area contributed by atoms with E-state index in [-0.39, 0.29) is 24.8 Å². The van der Waals surface area contributed by atoms with Crippen LogP contribution < -0.4 is 5.73 Å². The van der Waals surface area contributed by atoms with Crippen molar-refractivity contribution < 1.29 is 19.5 Å². The topological polar surface area (TPSA) is 96.1 Å². The minimum Gasteiger partial charge on any atom is -0.382 e. The molecule has 7 nitrogen and oxygen atoms in total. The number of carbonyl (C=O) groups excluding carboxylic acids is 2. The second-order valence-electron chi connectivity index (χ2n) is 3.80. The Kier molecular flexibility index (Phi) is 2.56. The van der Waals surface area contributed by atoms with E-state index in [0.717, 1.165) is 0 Å². The maximum Gasteiger partial charge on any atom is 0.345 e. The van der Waals surface area contributed by atoms with Gasteiger partial charge in [0.25, 0.3) is 0 Å². The number of carbonyl (C=O) groups is 2. The van der Waals surface area contributed by atoms with E-state index in [2.05, 4.69) is 0 Å². The number of hydrogen-bond acceptors (Lipinski definition) is 4. The third-order valence-electron chi connectivity index (χ3n) is 2.86. The molecule has 1 saturated heterocycles. The monoisotopic (exact) mass is 227 g/mol. The molecule has 0 aromatic rings. The van der Waals surface area contributed by atoms with Crippen LogP contribution in [0.1, 0.15) is 0 Å². The average molecular weight is 227 g/mol. The van der Waals surface area contributed by atoms with Gasteiger partial charge in [0, 0.05) is 12.7 Å². The molecule has 3 N–H and O–H groups in total. The molecule has 2 heterocycles. The van der Waals surface area contributed by atoms with E-state index in [4.69, 9.17) is 10.5 Å². The summed E-state index contributed by atoms with van der Waals surface area (Å²) >= 11 is 0. The maximum absolute atomic E-state index is 11.6. The molecule has 3 amide bonds. The first-order chi connectivity index (χ1) is 7.56. The molecule has 16 heavy (non-hydrogen) atoms. The molecular weight excluding hydrogens is 214 g/mol. The largest absolute Gasteiger partial charge is 0.382 e. The number of fused-ring (bicyclic) bond motifs is 2. The second kappa shape index (κ2) is 3.76. The summed E-state index contributed by atoms with van der Waals surface area (Å²) in [4.78, 5) is 24.2. The van der Waals surface area contributed by atoms with Crippen LogP contribution in [0.25, 0.3) is 0 Å². The first kappa shape index (κ1) is 10.9. The van der Waals surface area contributed by atoms with Crippen LogP contribution in [0.5, 0.6) is 0 Å². The molecule has 2 rings (SSSR count). The molecule has 0 spiro atoms. The summed E-state index contributed by atoms with van der Waals surface area (Å²) in [6.45, 7) is 0.529. The predicted octanol–water partition coefficient (Wildman–Crippen LogP) is -1.08. The van der Waals surface area contributed by atoms with Crippen molar-refractivity contribution in [3.05, 3.63) is 11.6 Å². The fraction of sp³-hybridized carbons (Fsp3) is 0.556. The summed E-state index contributed by atoms with van der Waals surface area (Å²) in [5.74, 6) is -0.625. The van der Waals surface area contributed by atoms with E-state index in [9.17, 15) is 14.8 Å². The molecule has 1 fully saturated rings. The molecule has 2 unspecified atom stereocenters. The maximum atomic E-state index is 11.6. The van der Waals surface area contributed by atoms with Crippen LogP contribution in [0.4, 0.5) is 4.79 Å². The van der Waals surface area contributed by atoms with E-state index >= 15 is 0 Å². The highest BCUT2D eigenvalue weighted by Crippen LogP contribution is 2.28. The smallest absolute Gasteiger partial charge is 0.345 e. The number of nitrogens with two attached hydrogens (primary N) is 1. The van der Waals surface area contributed by atoms with Gasteiger partial charge in [0.15, 0.2) is 0 Å². The van der Waals surface area contributed by atoms with Gasteiger partial charge in [-0.1, -0.05) is 0 Å². The van der Waals surface area contributed by atoms with Crippen LogP contribution in [0.2, 0.25) is 0 Å². The lowest BCUT2D eigenvalue weighted by atomic mass is 10.00. The van der Waals surface area contributed by atoms with Crippen molar-refractivity contribution in [2.75, 3.05) is 20.3 Å². The van der Waals surface area contributed by atoms with Crippen molar-refractivity contribution >= 4 is 11.9 Å². The van der Waals surface area contributed by atoms with Crippen LogP contribution >= 0.6 is 0 Å². The van der Waals surface area contributed by atoms with Crippen molar-refractivity contribution in [1.82, 2.24) is 9.96 Å². The Morgan fingerprint density at radius 2 is 2.44 bits per heavy atom. The third-order valence-corrected chi connectivity index (χ3v) is 2.86. The van der Waals surface area contributed by atoms with Crippen molar-refractivity contribution in [3.8, 4) is 0 Å². The van der Waals surface area contributed by atoms with Gasteiger partial charge in [-0.05, 0) is 6.08 Å². The van der Waals surface area contributed by atoms with E-state index in [1.807, 2.05) is 0 Å². The number of amides is 3. The normalized spacial score (nSPS) is 28.4. The molecule has 2 atom stereocenters. The number of methoxy groups -OCH3 is 1. The van der Waals surface area contributed by atoms with Gasteiger partial charge in [-0.3, -0.25) is 10.0 Å². The molecule has 0 aliphatic carbocycles. The number of hydrogen-bond donors (Lipinski definition) is 2. The van der Waals surface area contributed by atoms with Gasteiger partial charge in [-0.15, -0.1) is 0 Å². The van der Waals surface area contributed by atoms with E-state index < -0.39 is 18.0 Å². The summed E-state index contributed by atoms with van der Waals surface area (Å²) < 4.78 is 4.95. The zero-order chi connectivity index (χ0) is 11.9. The van der Waals surface area contributed by atoms with Gasteiger partial charge in [0.05, 0.1) is 19.2 Å². The van der Waals surface area contributed by atoms with Gasteiger partial charge in [0.1, 0.15) is 6.04 Å². The Balaban J connectivity index is 2.33. The van der Waals surface area contributed by atoms with E-state index in [1.165, 1.54) is 12.0 Å². The molecule has 7 heteroatoms. The highest BCUT2D eigenvalue weighted by Gasteiger charge is 2.46. The molecule has 0 saturated carbocycles. The average Bonchev–Trinajstić information content (AvgIpc) is 2.48. The molecule has 0 aromatic carbocycles. The number of rotatable bonds is 3. The van der Waals surface area contributed by atoms with Crippen LogP contribution in [0, 0.1) is 0 Å².